The lowest BCUT2D eigenvalue weighted by atomic mass is 9.84. The second kappa shape index (κ2) is 32.0. The Labute approximate surface area is 667 Å². The van der Waals surface area contributed by atoms with E-state index < -0.39 is 0 Å². The van der Waals surface area contributed by atoms with Crippen LogP contribution in [-0.2, 0) is 0 Å². The summed E-state index contributed by atoms with van der Waals surface area (Å²) in [5, 5.41) is 9.55. The zero-order valence-electron chi connectivity index (χ0n) is 61.9. The highest BCUT2D eigenvalue weighted by Gasteiger charge is 2.24. The molecule has 0 unspecified atom stereocenters. The fraction of sp³-hybridized carbons (Fsp3) is 0. The normalized spacial score (nSPS) is 11.1. The summed E-state index contributed by atoms with van der Waals surface area (Å²) in [6, 6.07) is 159. The van der Waals surface area contributed by atoms with Crippen LogP contribution in [0, 0.1) is 0 Å². The van der Waals surface area contributed by atoms with Gasteiger partial charge in [-0.25, -0.2) is 0 Å². The van der Waals surface area contributed by atoms with Crippen molar-refractivity contribution in [3.63, 3.8) is 0 Å². The quantitative estimate of drug-likeness (QED) is 0.0631. The molecule has 0 aliphatic carbocycles. The number of carbonyl (C=O) groups excluding carboxylic acids is 1. The van der Waals surface area contributed by atoms with Crippen molar-refractivity contribution in [2.24, 2.45) is 0 Å². The fourth-order valence-electron chi connectivity index (χ4n) is 16.1. The van der Waals surface area contributed by atoms with Crippen LogP contribution >= 0.6 is 15.9 Å². The number of nitrogens with zero attached hydrogens (tertiary/aromatic N) is 4. The molecule has 0 aromatic heterocycles. The smallest absolute Gasteiger partial charge is 0.150 e. The molecule has 113 heavy (non-hydrogen) atoms. The first-order valence-electron chi connectivity index (χ1n) is 38.2. The minimum absolute atomic E-state index is 0.657. The lowest BCUT2D eigenvalue weighted by Crippen LogP contribution is -2.09. The summed E-state index contributed by atoms with van der Waals surface area (Å²) in [6.07, 6.45) is 0.914. The topological polar surface area (TPSA) is 30.0 Å². The SMILES string of the molecule is Brc1ccc2c(-c3ccc(N(c4ccccc4)c4ccccc4)cc3)c3ccccc3c(-c3ccc(N(c4ccccc4)c4ccccc4)cc3)c2c1.O=Cc1cccc(-c2ccc3c(-c4ccc(N(c5ccccc5)c5ccccc5)cc4)c4ccccc4c(-c4ccc(N(c5ccccc5)c5ccccc5)cc4)c3c2)c1. The molecule has 0 saturated carbocycles. The van der Waals surface area contributed by atoms with Crippen LogP contribution in [0.3, 0.4) is 0 Å². The summed E-state index contributed by atoms with van der Waals surface area (Å²) < 4.78 is 1.06. The molecule has 0 heterocycles. The largest absolute Gasteiger partial charge is 0.311 e. The Morgan fingerprint density at radius 3 is 0.655 bits per heavy atom. The van der Waals surface area contributed by atoms with Crippen molar-refractivity contribution in [3.05, 3.63) is 459 Å². The minimum atomic E-state index is 0.657. The molecule has 5 nitrogen and oxygen atoms in total. The van der Waals surface area contributed by atoms with Gasteiger partial charge in [0.25, 0.3) is 0 Å². The van der Waals surface area contributed by atoms with E-state index >= 15 is 0 Å². The molecule has 19 rings (SSSR count). The third kappa shape index (κ3) is 14.3. The number of carbonyl (C=O) groups is 1. The second-order valence-electron chi connectivity index (χ2n) is 28.0. The molecule has 536 valence electrons. The monoisotopic (exact) mass is 1510 g/mol. The summed E-state index contributed by atoms with van der Waals surface area (Å²) >= 11 is 3.82. The van der Waals surface area contributed by atoms with Crippen molar-refractivity contribution in [2.45, 2.75) is 0 Å². The first-order valence-corrected chi connectivity index (χ1v) is 39.0. The van der Waals surface area contributed by atoms with E-state index in [0.29, 0.717) is 5.56 Å². The van der Waals surface area contributed by atoms with Crippen molar-refractivity contribution < 1.29 is 4.79 Å². The van der Waals surface area contributed by atoms with E-state index in [0.717, 1.165) is 112 Å². The molecule has 0 atom stereocenters. The number of benzene rings is 19. The van der Waals surface area contributed by atoms with Crippen molar-refractivity contribution in [3.8, 4) is 55.6 Å². The fourth-order valence-corrected chi connectivity index (χ4v) is 16.4. The van der Waals surface area contributed by atoms with Crippen molar-refractivity contribution in [2.75, 3.05) is 19.6 Å². The molecule has 0 N–H and O–H groups in total. The van der Waals surface area contributed by atoms with Crippen LogP contribution in [0.4, 0.5) is 68.2 Å². The van der Waals surface area contributed by atoms with Crippen LogP contribution in [0.5, 0.6) is 0 Å². The highest BCUT2D eigenvalue weighted by atomic mass is 79.9. The average molecular weight is 1510 g/mol. The number of aldehydes is 1. The maximum atomic E-state index is 11.9. The molecule has 0 aliphatic rings. The Hall–Kier alpha value is -14.4. The van der Waals surface area contributed by atoms with Gasteiger partial charge < -0.3 is 19.6 Å². The van der Waals surface area contributed by atoms with E-state index in [1.54, 1.807) is 0 Å². The summed E-state index contributed by atoms with van der Waals surface area (Å²) in [7, 11) is 0. The highest BCUT2D eigenvalue weighted by molar-refractivity contribution is 9.10. The lowest BCUT2D eigenvalue weighted by molar-refractivity contribution is 0.112. The van der Waals surface area contributed by atoms with Crippen LogP contribution in [0.15, 0.2) is 453 Å². The lowest BCUT2D eigenvalue weighted by Gasteiger charge is -2.26. The molecule has 19 aromatic carbocycles. The van der Waals surface area contributed by atoms with E-state index in [1.807, 2.05) is 18.2 Å². The van der Waals surface area contributed by atoms with Crippen LogP contribution in [0.1, 0.15) is 10.4 Å². The van der Waals surface area contributed by atoms with Crippen LogP contribution in [-0.4, -0.2) is 6.29 Å². The van der Waals surface area contributed by atoms with Gasteiger partial charge in [0.05, 0.1) is 0 Å². The van der Waals surface area contributed by atoms with Crippen LogP contribution < -0.4 is 19.6 Å². The maximum Gasteiger partial charge on any atom is 0.150 e. The Kier molecular flexibility index (Phi) is 19.9. The van der Waals surface area contributed by atoms with E-state index in [-0.39, 0.29) is 0 Å². The van der Waals surface area contributed by atoms with E-state index in [4.69, 9.17) is 0 Å². The minimum Gasteiger partial charge on any atom is -0.311 e. The van der Waals surface area contributed by atoms with Crippen LogP contribution in [0.2, 0.25) is 0 Å². The van der Waals surface area contributed by atoms with Gasteiger partial charge in [-0.3, -0.25) is 4.79 Å². The number of fused-ring (bicyclic) bond motifs is 4. The third-order valence-electron chi connectivity index (χ3n) is 21.1. The van der Waals surface area contributed by atoms with E-state index in [9.17, 15) is 4.79 Å². The van der Waals surface area contributed by atoms with Crippen molar-refractivity contribution >= 4 is 134 Å². The molecule has 0 radical (unpaired) electrons. The number of halogens is 1. The van der Waals surface area contributed by atoms with E-state index in [1.165, 1.54) is 65.7 Å². The van der Waals surface area contributed by atoms with Crippen LogP contribution in [0.25, 0.3) is 98.7 Å². The molecule has 0 fully saturated rings. The van der Waals surface area contributed by atoms with Gasteiger partial charge in [-0.05, 0) is 269 Å². The van der Waals surface area contributed by atoms with Gasteiger partial charge in [0.15, 0.2) is 0 Å². The molecular formula is C107H75BrN4O. The Balaban J connectivity index is 0.000000159. The number of hydrogen-bond donors (Lipinski definition) is 0. The molecule has 0 amide bonds. The van der Waals surface area contributed by atoms with Gasteiger partial charge in [0.2, 0.25) is 0 Å². The summed E-state index contributed by atoms with van der Waals surface area (Å²) in [4.78, 5) is 21.1. The first-order chi connectivity index (χ1) is 56.0. The van der Waals surface area contributed by atoms with Crippen molar-refractivity contribution in [1.82, 2.24) is 0 Å². The third-order valence-corrected chi connectivity index (χ3v) is 21.6. The first kappa shape index (κ1) is 70.3. The number of anilines is 12. The molecular weight excluding hydrogens is 1440 g/mol. The Morgan fingerprint density at radius 1 is 0.168 bits per heavy atom. The zero-order valence-corrected chi connectivity index (χ0v) is 63.5. The maximum absolute atomic E-state index is 11.9. The number of para-hydroxylation sites is 8. The predicted molar refractivity (Wildman–Crippen MR) is 482 cm³/mol. The second-order valence-corrected chi connectivity index (χ2v) is 28.9. The van der Waals surface area contributed by atoms with Gasteiger partial charge in [-0.2, -0.15) is 0 Å². The van der Waals surface area contributed by atoms with Gasteiger partial charge in [-0.1, -0.05) is 295 Å². The summed E-state index contributed by atoms with van der Waals surface area (Å²) in [5.41, 5.74) is 25.4. The molecule has 0 spiro atoms. The van der Waals surface area contributed by atoms with Gasteiger partial charge in [-0.15, -0.1) is 0 Å². The van der Waals surface area contributed by atoms with Crippen molar-refractivity contribution in [1.29, 1.82) is 0 Å². The molecule has 0 aliphatic heterocycles. The molecule has 6 heteroatoms. The highest BCUT2D eigenvalue weighted by Crippen LogP contribution is 2.50. The van der Waals surface area contributed by atoms with E-state index in [2.05, 4.69) is 466 Å². The number of hydrogen-bond acceptors (Lipinski definition) is 5. The van der Waals surface area contributed by atoms with Gasteiger partial charge in [0, 0.05) is 78.3 Å². The average Bonchev–Trinajstić information content (AvgIpc) is 0.728. The Morgan fingerprint density at radius 2 is 0.381 bits per heavy atom. The molecule has 19 aromatic rings. The Bertz CT molecular complexity index is 6360. The molecule has 0 saturated heterocycles. The standard InChI is InChI=1S/C57H40N2O.C50H35BrN2/c60-40-41-16-15-17-44(38-41)45-32-37-54-55(39-45)57(43-30-35-51(36-31-43)59(48-22-9-3-10-23-48)49-24-11-4-12-25-49)53-27-14-13-26-52(53)56(54)42-28-33-50(34-29-42)58(46-18-5-1-6-19-46)47-20-7-2-8-21-47;51-38-29-34-47-48(35-38)50(37-27-32-44(33-28-37)53(41-19-9-3-10-20-41)42-21-11-4-12-22-42)46-24-14-13-23-45(46)49(47)36-25-30-43(31-26-36)52(39-15-5-1-6-16-39)40-17-7-2-8-18-40/h1-40H;1-35H. The molecule has 0 bridgehead atoms. The summed E-state index contributed by atoms with van der Waals surface area (Å²) in [5.74, 6) is 0. The predicted octanol–water partition coefficient (Wildman–Crippen LogP) is 30.8. The zero-order chi connectivity index (χ0) is 75.8. The summed E-state index contributed by atoms with van der Waals surface area (Å²) in [6.45, 7) is 0. The van der Waals surface area contributed by atoms with Gasteiger partial charge >= 0.3 is 0 Å². The number of rotatable bonds is 18. The van der Waals surface area contributed by atoms with Gasteiger partial charge in [0.1, 0.15) is 6.29 Å².